The fourth-order valence-electron chi connectivity index (χ4n) is 4.56. The van der Waals surface area contributed by atoms with E-state index in [1.54, 1.807) is 14.2 Å². The normalized spacial score (nSPS) is 27.7. The summed E-state index contributed by atoms with van der Waals surface area (Å²) < 4.78 is 11.0. The second kappa shape index (κ2) is 5.88. The Bertz CT molecular complexity index is 507. The predicted molar refractivity (Wildman–Crippen MR) is 83.0 cm³/mol. The van der Waals surface area contributed by atoms with Crippen LogP contribution in [0.3, 0.4) is 0 Å². The Kier molecular flexibility index (Phi) is 4.12. The second-order valence-electron chi connectivity index (χ2n) is 6.63. The maximum absolute atomic E-state index is 9.55. The molecule has 1 saturated carbocycles. The van der Waals surface area contributed by atoms with E-state index in [1.807, 2.05) is 6.07 Å². The molecular formula is C18H26O3. The molecule has 0 heterocycles. The Labute approximate surface area is 127 Å². The lowest BCUT2D eigenvalue weighted by Gasteiger charge is -2.48. The summed E-state index contributed by atoms with van der Waals surface area (Å²) in [5.41, 5.74) is 3.01. The Morgan fingerprint density at radius 2 is 2.10 bits per heavy atom. The first-order chi connectivity index (χ1) is 10.2. The van der Waals surface area contributed by atoms with Gasteiger partial charge in [0.25, 0.3) is 0 Å². The zero-order chi connectivity index (χ0) is 14.9. The van der Waals surface area contributed by atoms with E-state index in [0.29, 0.717) is 12.5 Å². The molecule has 0 spiro atoms. The molecule has 0 aliphatic heterocycles. The third-order valence-electron chi connectivity index (χ3n) is 5.68. The number of methoxy groups -OCH3 is 2. The summed E-state index contributed by atoms with van der Waals surface area (Å²) in [5, 5.41) is 9.55. The third-order valence-corrected chi connectivity index (χ3v) is 5.68. The molecule has 0 aromatic heterocycles. The highest BCUT2D eigenvalue weighted by molar-refractivity contribution is 5.49. The van der Waals surface area contributed by atoms with Gasteiger partial charge < -0.3 is 14.6 Å². The van der Waals surface area contributed by atoms with Crippen LogP contribution in [0.25, 0.3) is 0 Å². The molecule has 3 rings (SSSR count). The molecule has 116 valence electrons. The van der Waals surface area contributed by atoms with Crippen molar-refractivity contribution in [3.8, 4) is 11.5 Å². The summed E-state index contributed by atoms with van der Waals surface area (Å²) in [6.07, 6.45) is 8.23. The van der Waals surface area contributed by atoms with E-state index in [-0.39, 0.29) is 5.41 Å². The highest BCUT2D eigenvalue weighted by Gasteiger charge is 2.44. The molecule has 0 unspecified atom stereocenters. The highest BCUT2D eigenvalue weighted by Crippen LogP contribution is 2.53. The van der Waals surface area contributed by atoms with Crippen molar-refractivity contribution in [1.29, 1.82) is 0 Å². The van der Waals surface area contributed by atoms with Crippen LogP contribution in [-0.4, -0.2) is 25.9 Å². The number of benzene rings is 1. The van der Waals surface area contributed by atoms with Gasteiger partial charge in [0.1, 0.15) is 11.5 Å². The van der Waals surface area contributed by atoms with E-state index in [0.717, 1.165) is 30.8 Å². The van der Waals surface area contributed by atoms with Crippen molar-refractivity contribution in [1.82, 2.24) is 0 Å². The Morgan fingerprint density at radius 1 is 1.24 bits per heavy atom. The fraction of sp³-hybridized carbons (Fsp3) is 0.667. The summed E-state index contributed by atoms with van der Waals surface area (Å²) in [6.45, 7) is 0.299. The number of hydrogen-bond donors (Lipinski definition) is 1. The molecular weight excluding hydrogens is 264 g/mol. The molecule has 1 fully saturated rings. The van der Waals surface area contributed by atoms with Gasteiger partial charge in [-0.1, -0.05) is 12.8 Å². The van der Waals surface area contributed by atoms with Crippen LogP contribution in [0.2, 0.25) is 0 Å². The minimum atomic E-state index is 0.289. The number of aliphatic hydroxyl groups is 1. The first-order valence-electron chi connectivity index (χ1n) is 8.07. The van der Waals surface area contributed by atoms with Crippen molar-refractivity contribution in [2.24, 2.45) is 11.3 Å². The molecule has 3 heteroatoms. The van der Waals surface area contributed by atoms with Gasteiger partial charge in [-0.2, -0.15) is 0 Å². The highest BCUT2D eigenvalue weighted by atomic mass is 16.5. The van der Waals surface area contributed by atoms with E-state index < -0.39 is 0 Å². The molecule has 0 saturated heterocycles. The van der Waals surface area contributed by atoms with Crippen molar-refractivity contribution >= 4 is 0 Å². The Balaban J connectivity index is 2.02. The minimum Gasteiger partial charge on any atom is -0.497 e. The first kappa shape index (κ1) is 14.7. The monoisotopic (exact) mass is 290 g/mol. The van der Waals surface area contributed by atoms with Crippen LogP contribution in [0.15, 0.2) is 12.1 Å². The van der Waals surface area contributed by atoms with Crippen molar-refractivity contribution < 1.29 is 14.6 Å². The topological polar surface area (TPSA) is 38.7 Å². The van der Waals surface area contributed by atoms with Crippen LogP contribution < -0.4 is 9.47 Å². The van der Waals surface area contributed by atoms with Crippen LogP contribution in [0, 0.1) is 11.3 Å². The van der Waals surface area contributed by atoms with Gasteiger partial charge in [0.15, 0.2) is 0 Å². The summed E-state index contributed by atoms with van der Waals surface area (Å²) in [5.74, 6) is 2.53. The van der Waals surface area contributed by atoms with Gasteiger partial charge in [-0.3, -0.25) is 0 Å². The van der Waals surface area contributed by atoms with Gasteiger partial charge in [-0.15, -0.1) is 0 Å². The van der Waals surface area contributed by atoms with Crippen molar-refractivity contribution in [3.05, 3.63) is 23.3 Å². The molecule has 2 aliphatic rings. The summed E-state index contributed by atoms with van der Waals surface area (Å²) in [6, 6.07) is 4.17. The minimum absolute atomic E-state index is 0.289. The predicted octanol–water partition coefficient (Wildman–Crippen LogP) is 3.36. The lowest BCUT2D eigenvalue weighted by Crippen LogP contribution is -2.41. The van der Waals surface area contributed by atoms with Crippen LogP contribution in [0.4, 0.5) is 0 Å². The lowest BCUT2D eigenvalue weighted by atomic mass is 9.57. The number of hydrogen-bond acceptors (Lipinski definition) is 3. The standard InChI is InChI=1S/C18H26O3/c1-20-15-9-13-12-18(7-8-19)6-4-3-5-14(18)10-16(13)17(11-15)21-2/h9,11,14,19H,3-8,10,12H2,1-2H3/t14-,18-/m0/s1. The van der Waals surface area contributed by atoms with Gasteiger partial charge in [0, 0.05) is 12.7 Å². The molecule has 0 amide bonds. The van der Waals surface area contributed by atoms with Crippen molar-refractivity contribution in [2.75, 3.05) is 20.8 Å². The largest absolute Gasteiger partial charge is 0.497 e. The van der Waals surface area contributed by atoms with Gasteiger partial charge in [-0.25, -0.2) is 0 Å². The van der Waals surface area contributed by atoms with Gasteiger partial charge in [-0.05, 0) is 60.6 Å². The van der Waals surface area contributed by atoms with E-state index in [2.05, 4.69) is 6.07 Å². The average Bonchev–Trinajstić information content (AvgIpc) is 2.51. The molecule has 0 bridgehead atoms. The van der Waals surface area contributed by atoms with Crippen LogP contribution >= 0.6 is 0 Å². The number of ether oxygens (including phenoxy) is 2. The quantitative estimate of drug-likeness (QED) is 0.924. The van der Waals surface area contributed by atoms with E-state index in [9.17, 15) is 5.11 Å². The zero-order valence-corrected chi connectivity index (χ0v) is 13.2. The average molecular weight is 290 g/mol. The lowest BCUT2D eigenvalue weighted by molar-refractivity contribution is 0.0499. The second-order valence-corrected chi connectivity index (χ2v) is 6.63. The molecule has 1 aromatic carbocycles. The zero-order valence-electron chi connectivity index (χ0n) is 13.2. The van der Waals surface area contributed by atoms with Crippen LogP contribution in [0.5, 0.6) is 11.5 Å². The smallest absolute Gasteiger partial charge is 0.126 e. The molecule has 3 nitrogen and oxygen atoms in total. The van der Waals surface area contributed by atoms with E-state index in [4.69, 9.17) is 9.47 Å². The van der Waals surface area contributed by atoms with Gasteiger partial charge in [0.05, 0.1) is 14.2 Å². The van der Waals surface area contributed by atoms with Crippen LogP contribution in [-0.2, 0) is 12.8 Å². The maximum Gasteiger partial charge on any atom is 0.126 e. The van der Waals surface area contributed by atoms with E-state index >= 15 is 0 Å². The summed E-state index contributed by atoms with van der Waals surface area (Å²) in [4.78, 5) is 0. The molecule has 2 atom stereocenters. The first-order valence-corrected chi connectivity index (χ1v) is 8.07. The SMILES string of the molecule is COc1cc2c(c(OC)c1)C[C@@H]1CCCC[C@]1(CCO)C2. The van der Waals surface area contributed by atoms with Crippen molar-refractivity contribution in [2.45, 2.75) is 44.9 Å². The number of fused-ring (bicyclic) bond motifs is 2. The van der Waals surface area contributed by atoms with Crippen molar-refractivity contribution in [3.63, 3.8) is 0 Å². The summed E-state index contributed by atoms with van der Waals surface area (Å²) in [7, 11) is 3.45. The van der Waals surface area contributed by atoms with Crippen LogP contribution in [0.1, 0.15) is 43.2 Å². The molecule has 1 N–H and O–H groups in total. The molecule has 0 radical (unpaired) electrons. The van der Waals surface area contributed by atoms with Gasteiger partial charge >= 0.3 is 0 Å². The number of rotatable bonds is 4. The Hall–Kier alpha value is -1.22. The number of aliphatic hydroxyl groups excluding tert-OH is 1. The maximum atomic E-state index is 9.55. The third kappa shape index (κ3) is 2.52. The Morgan fingerprint density at radius 3 is 2.81 bits per heavy atom. The molecule has 21 heavy (non-hydrogen) atoms. The summed E-state index contributed by atoms with van der Waals surface area (Å²) >= 11 is 0. The van der Waals surface area contributed by atoms with Gasteiger partial charge in [0.2, 0.25) is 0 Å². The fourth-order valence-corrected chi connectivity index (χ4v) is 4.56. The molecule has 2 aliphatic carbocycles. The van der Waals surface area contributed by atoms with E-state index in [1.165, 1.54) is 36.8 Å². The molecule has 1 aromatic rings.